The second-order valence-electron chi connectivity index (χ2n) is 3.68. The van der Waals surface area contributed by atoms with Crippen LogP contribution >= 0.6 is 0 Å². The predicted octanol–water partition coefficient (Wildman–Crippen LogP) is 1.73. The number of benzene rings is 2. The van der Waals surface area contributed by atoms with Gasteiger partial charge in [0, 0.05) is 17.0 Å². The monoisotopic (exact) mass is 296 g/mol. The number of sulfone groups is 1. The van der Waals surface area contributed by atoms with Gasteiger partial charge in [0.05, 0.1) is 9.79 Å². The van der Waals surface area contributed by atoms with E-state index in [0.717, 1.165) is 0 Å². The highest BCUT2D eigenvalue weighted by molar-refractivity contribution is 7.91. The molecule has 0 amide bonds. The molecule has 100 valence electrons. The number of hydrogen-bond donors (Lipinski definition) is 1. The summed E-state index contributed by atoms with van der Waals surface area (Å²) in [5.74, 6) is 0. The van der Waals surface area contributed by atoms with Crippen LogP contribution < -0.4 is 4.72 Å². The Morgan fingerprint density at radius 3 is 1.95 bits per heavy atom. The number of hydrogen-bond acceptors (Lipinski definition) is 4. The quantitative estimate of drug-likeness (QED) is 0.870. The minimum absolute atomic E-state index is 0.112. The van der Waals surface area contributed by atoms with Crippen LogP contribution in [0.2, 0.25) is 0 Å². The summed E-state index contributed by atoms with van der Waals surface area (Å²) in [6.07, 6.45) is 0. The normalized spacial score (nSPS) is 12.9. The Labute approximate surface area is 113 Å². The maximum Gasteiger partial charge on any atom is 0.206 e. The lowest BCUT2D eigenvalue weighted by atomic mass is 10.3. The van der Waals surface area contributed by atoms with E-state index in [0.29, 0.717) is 5.69 Å². The molecule has 5 nitrogen and oxygen atoms in total. The molecule has 0 fully saturated rings. The molecule has 0 heterocycles. The van der Waals surface area contributed by atoms with Crippen molar-refractivity contribution in [2.45, 2.75) is 9.79 Å². The van der Waals surface area contributed by atoms with Gasteiger partial charge < -0.3 is 9.27 Å². The van der Waals surface area contributed by atoms with Crippen LogP contribution in [-0.2, 0) is 21.1 Å². The predicted molar refractivity (Wildman–Crippen MR) is 70.9 cm³/mol. The lowest BCUT2D eigenvalue weighted by molar-refractivity contribution is 0.542. The van der Waals surface area contributed by atoms with Crippen molar-refractivity contribution in [3.05, 3.63) is 54.6 Å². The van der Waals surface area contributed by atoms with Gasteiger partial charge >= 0.3 is 0 Å². The molecule has 7 heteroatoms. The Kier molecular flexibility index (Phi) is 3.98. The van der Waals surface area contributed by atoms with Crippen LogP contribution in [0, 0.1) is 0 Å². The van der Waals surface area contributed by atoms with Crippen molar-refractivity contribution in [2.24, 2.45) is 0 Å². The van der Waals surface area contributed by atoms with Crippen LogP contribution in [0.3, 0.4) is 0 Å². The molecule has 2 aromatic carbocycles. The maximum absolute atomic E-state index is 12.2. The topological polar surface area (TPSA) is 86.3 Å². The van der Waals surface area contributed by atoms with Gasteiger partial charge in [-0.05, 0) is 36.4 Å². The molecule has 2 aromatic rings. The molecule has 0 saturated heterocycles. The summed E-state index contributed by atoms with van der Waals surface area (Å²) in [6.45, 7) is 0. The molecule has 19 heavy (non-hydrogen) atoms. The third-order valence-electron chi connectivity index (χ3n) is 2.42. The average Bonchev–Trinajstić information content (AvgIpc) is 2.40. The van der Waals surface area contributed by atoms with E-state index in [1.54, 1.807) is 18.2 Å². The molecule has 2 rings (SSSR count). The first kappa shape index (κ1) is 13.7. The van der Waals surface area contributed by atoms with E-state index < -0.39 is 21.1 Å². The van der Waals surface area contributed by atoms with Crippen molar-refractivity contribution < 1.29 is 17.2 Å². The lowest BCUT2D eigenvalue weighted by Crippen LogP contribution is -2.04. The molecule has 0 radical (unpaired) electrons. The summed E-state index contributed by atoms with van der Waals surface area (Å²) in [4.78, 5) is 0.309. The van der Waals surface area contributed by atoms with Gasteiger partial charge in [0.25, 0.3) is 0 Å². The second kappa shape index (κ2) is 5.52. The van der Waals surface area contributed by atoms with Gasteiger partial charge in [-0.25, -0.2) is 8.42 Å². The summed E-state index contributed by atoms with van der Waals surface area (Å²) < 4.78 is 47.5. The van der Waals surface area contributed by atoms with Crippen molar-refractivity contribution in [3.8, 4) is 0 Å². The summed E-state index contributed by atoms with van der Waals surface area (Å²) in [5, 5.41) is 0. The molecule has 0 aliphatic rings. The fraction of sp³-hybridized carbons (Fsp3) is 0. The first-order chi connectivity index (χ1) is 9.00. The molecule has 0 aliphatic carbocycles. The van der Waals surface area contributed by atoms with Gasteiger partial charge in [0.15, 0.2) is 0 Å². The molecular formula is C12H10NO4S2-. The zero-order chi connectivity index (χ0) is 13.9. The van der Waals surface area contributed by atoms with Gasteiger partial charge in [-0.1, -0.05) is 18.2 Å². The van der Waals surface area contributed by atoms with Crippen LogP contribution in [0.25, 0.3) is 0 Å². The molecule has 0 spiro atoms. The van der Waals surface area contributed by atoms with Gasteiger partial charge in [-0.3, -0.25) is 4.21 Å². The van der Waals surface area contributed by atoms with E-state index in [4.69, 9.17) is 0 Å². The molecule has 1 atom stereocenters. The van der Waals surface area contributed by atoms with E-state index in [2.05, 4.69) is 4.72 Å². The van der Waals surface area contributed by atoms with Crippen molar-refractivity contribution in [3.63, 3.8) is 0 Å². The van der Waals surface area contributed by atoms with Gasteiger partial charge in [0.2, 0.25) is 9.84 Å². The molecule has 0 aliphatic heterocycles. The van der Waals surface area contributed by atoms with Crippen molar-refractivity contribution >= 4 is 26.8 Å². The van der Waals surface area contributed by atoms with Gasteiger partial charge in [-0.15, -0.1) is 0 Å². The molecule has 0 aromatic heterocycles. The number of nitrogens with one attached hydrogen (secondary N) is 1. The third-order valence-corrected chi connectivity index (χ3v) is 4.61. The number of anilines is 1. The SMILES string of the molecule is O=S([O-])Nc1ccc(S(=O)(=O)c2ccccc2)cc1. The first-order valence-electron chi connectivity index (χ1n) is 5.26. The fourth-order valence-electron chi connectivity index (χ4n) is 1.53. The zero-order valence-corrected chi connectivity index (χ0v) is 11.3. The van der Waals surface area contributed by atoms with Crippen LogP contribution in [0.1, 0.15) is 0 Å². The van der Waals surface area contributed by atoms with Crippen LogP contribution in [0.4, 0.5) is 5.69 Å². The van der Waals surface area contributed by atoms with E-state index in [9.17, 15) is 17.2 Å². The summed E-state index contributed by atoms with van der Waals surface area (Å²) in [5.41, 5.74) is 0.306. The van der Waals surface area contributed by atoms with E-state index in [1.165, 1.54) is 36.4 Å². The van der Waals surface area contributed by atoms with Crippen LogP contribution in [0.15, 0.2) is 64.4 Å². The van der Waals surface area contributed by atoms with Gasteiger partial charge in [0.1, 0.15) is 0 Å². The van der Waals surface area contributed by atoms with Crippen molar-refractivity contribution in [1.29, 1.82) is 0 Å². The zero-order valence-electron chi connectivity index (χ0n) is 9.65. The maximum atomic E-state index is 12.2. The lowest BCUT2D eigenvalue weighted by Gasteiger charge is -2.09. The average molecular weight is 296 g/mol. The highest BCUT2D eigenvalue weighted by Crippen LogP contribution is 2.22. The Balaban J connectivity index is 2.35. The Morgan fingerprint density at radius 2 is 1.42 bits per heavy atom. The van der Waals surface area contributed by atoms with Crippen LogP contribution in [-0.4, -0.2) is 17.2 Å². The van der Waals surface area contributed by atoms with Crippen molar-refractivity contribution in [2.75, 3.05) is 4.72 Å². The second-order valence-corrected chi connectivity index (χ2v) is 6.30. The summed E-state index contributed by atoms with van der Waals surface area (Å²) >= 11 is -2.43. The van der Waals surface area contributed by atoms with E-state index in [1.807, 2.05) is 0 Å². The van der Waals surface area contributed by atoms with Crippen molar-refractivity contribution in [1.82, 2.24) is 0 Å². The third kappa shape index (κ3) is 3.19. The molecule has 1 N–H and O–H groups in total. The van der Waals surface area contributed by atoms with Crippen LogP contribution in [0.5, 0.6) is 0 Å². The van der Waals surface area contributed by atoms with E-state index in [-0.39, 0.29) is 9.79 Å². The number of rotatable bonds is 4. The standard InChI is InChI=1S/C12H11NO4S2/c14-18(15)13-10-6-8-12(9-7-10)19(16,17)11-4-2-1-3-5-11/h1-9,13H,(H,14,15)/p-1. The summed E-state index contributed by atoms with van der Waals surface area (Å²) in [7, 11) is -3.57. The first-order valence-corrected chi connectivity index (χ1v) is 7.82. The minimum Gasteiger partial charge on any atom is -0.755 e. The molecular weight excluding hydrogens is 286 g/mol. The Morgan fingerprint density at radius 1 is 0.895 bits per heavy atom. The summed E-state index contributed by atoms with van der Waals surface area (Å²) in [6, 6.07) is 13.5. The minimum atomic E-state index is -3.57. The molecule has 0 bridgehead atoms. The van der Waals surface area contributed by atoms with E-state index >= 15 is 0 Å². The Hall–Kier alpha value is -1.70. The van der Waals surface area contributed by atoms with Gasteiger partial charge in [-0.2, -0.15) is 0 Å². The highest BCUT2D eigenvalue weighted by Gasteiger charge is 2.16. The Bertz CT molecular complexity index is 681. The smallest absolute Gasteiger partial charge is 0.206 e. The highest BCUT2D eigenvalue weighted by atomic mass is 32.2. The molecule has 1 unspecified atom stereocenters. The largest absolute Gasteiger partial charge is 0.755 e. The fourth-order valence-corrected chi connectivity index (χ4v) is 3.14. The molecule has 0 saturated carbocycles.